The van der Waals surface area contributed by atoms with Crippen LogP contribution in [0.1, 0.15) is 23.6 Å². The first-order valence-corrected chi connectivity index (χ1v) is 13.6. The molecule has 3 atom stereocenters. The Morgan fingerprint density at radius 3 is 2.44 bits per heavy atom. The maximum atomic E-state index is 13.7. The number of rotatable bonds is 5. The lowest BCUT2D eigenvalue weighted by Gasteiger charge is -2.25. The van der Waals surface area contributed by atoms with Crippen LogP contribution in [0, 0.1) is 0 Å². The van der Waals surface area contributed by atoms with Gasteiger partial charge in [0.1, 0.15) is 6.54 Å². The molecule has 0 saturated carbocycles. The fourth-order valence-corrected chi connectivity index (χ4v) is 5.71. The van der Waals surface area contributed by atoms with Crippen molar-refractivity contribution in [2.45, 2.75) is 24.5 Å². The van der Waals surface area contributed by atoms with Crippen LogP contribution in [0.3, 0.4) is 0 Å². The van der Waals surface area contributed by atoms with Crippen LogP contribution in [0.2, 0.25) is 10.0 Å². The van der Waals surface area contributed by atoms with E-state index in [1.165, 1.54) is 22.2 Å². The molecular formula is C27H19BrCl2N6O3. The molecule has 3 aliphatic heterocycles. The molecule has 6 rings (SSSR count). The first-order valence-electron chi connectivity index (χ1n) is 12.0. The van der Waals surface area contributed by atoms with Gasteiger partial charge in [0.25, 0.3) is 17.7 Å². The maximum absolute atomic E-state index is 13.7. The van der Waals surface area contributed by atoms with Gasteiger partial charge in [-0.3, -0.25) is 19.4 Å². The summed E-state index contributed by atoms with van der Waals surface area (Å²) in [5, 5.41) is 15.9. The predicted molar refractivity (Wildman–Crippen MR) is 149 cm³/mol. The predicted octanol–water partition coefficient (Wildman–Crippen LogP) is 5.43. The molecular weight excluding hydrogens is 607 g/mol. The molecule has 3 amide bonds. The molecule has 0 spiro atoms. The van der Waals surface area contributed by atoms with E-state index in [0.717, 1.165) is 26.2 Å². The molecule has 0 aromatic heterocycles. The van der Waals surface area contributed by atoms with E-state index in [1.807, 2.05) is 54.6 Å². The third-order valence-corrected chi connectivity index (χ3v) is 7.90. The van der Waals surface area contributed by atoms with Crippen LogP contribution in [0.4, 0.5) is 5.69 Å². The summed E-state index contributed by atoms with van der Waals surface area (Å²) in [7, 11) is 0. The number of benzene rings is 3. The molecule has 1 fully saturated rings. The van der Waals surface area contributed by atoms with E-state index >= 15 is 0 Å². The Balaban J connectivity index is 1.26. The number of carbonyl (C=O) groups excluding carboxylic acids is 3. The van der Waals surface area contributed by atoms with Crippen LogP contribution in [-0.2, 0) is 14.4 Å². The van der Waals surface area contributed by atoms with Crippen LogP contribution in [-0.4, -0.2) is 52.1 Å². The van der Waals surface area contributed by atoms with Gasteiger partial charge in [-0.15, -0.1) is 0 Å². The molecule has 12 heteroatoms. The minimum Gasteiger partial charge on any atom is -0.271 e. The molecule has 196 valence electrons. The summed E-state index contributed by atoms with van der Waals surface area (Å²) in [6.45, 7) is -0.285. The zero-order valence-electron chi connectivity index (χ0n) is 20.1. The number of anilines is 1. The molecule has 0 bridgehead atoms. The molecule has 0 radical (unpaired) electrons. The number of fused-ring (bicyclic) bond motifs is 1. The minimum absolute atomic E-state index is 0.154. The molecule has 0 aliphatic carbocycles. The van der Waals surface area contributed by atoms with Crippen molar-refractivity contribution in [2.24, 2.45) is 15.4 Å². The van der Waals surface area contributed by atoms with Crippen LogP contribution in [0.15, 0.2) is 92.7 Å². The van der Waals surface area contributed by atoms with E-state index in [0.29, 0.717) is 11.4 Å². The van der Waals surface area contributed by atoms with Crippen molar-refractivity contribution >= 4 is 68.3 Å². The second kappa shape index (κ2) is 10.2. The Kier molecular flexibility index (Phi) is 6.70. The smallest absolute Gasteiger partial charge is 0.264 e. The Hall–Kier alpha value is -3.60. The maximum Gasteiger partial charge on any atom is 0.264 e. The van der Waals surface area contributed by atoms with Gasteiger partial charge >= 0.3 is 0 Å². The number of halogens is 3. The molecule has 1 saturated heterocycles. The van der Waals surface area contributed by atoms with E-state index in [4.69, 9.17) is 23.2 Å². The first-order chi connectivity index (χ1) is 18.8. The van der Waals surface area contributed by atoms with Crippen LogP contribution in [0.5, 0.6) is 0 Å². The number of hydrogen-bond acceptors (Lipinski definition) is 7. The van der Waals surface area contributed by atoms with Crippen molar-refractivity contribution in [3.05, 3.63) is 98.4 Å². The quantitative estimate of drug-likeness (QED) is 0.353. The van der Waals surface area contributed by atoms with E-state index in [-0.39, 0.29) is 29.2 Å². The third kappa shape index (κ3) is 4.62. The zero-order chi connectivity index (χ0) is 27.3. The van der Waals surface area contributed by atoms with Gasteiger partial charge in [0.15, 0.2) is 12.1 Å². The molecule has 3 aromatic rings. The van der Waals surface area contributed by atoms with E-state index in [1.54, 1.807) is 6.07 Å². The van der Waals surface area contributed by atoms with Gasteiger partial charge in [-0.1, -0.05) is 86.8 Å². The highest BCUT2D eigenvalue weighted by atomic mass is 79.9. The number of nitrogens with zero attached hydrogens (tertiary/aromatic N) is 6. The van der Waals surface area contributed by atoms with Crippen molar-refractivity contribution in [3.63, 3.8) is 0 Å². The van der Waals surface area contributed by atoms with Crippen molar-refractivity contribution < 1.29 is 14.4 Å². The highest BCUT2D eigenvalue weighted by molar-refractivity contribution is 9.10. The summed E-state index contributed by atoms with van der Waals surface area (Å²) < 4.78 is 0.941. The van der Waals surface area contributed by atoms with Crippen molar-refractivity contribution in [3.8, 4) is 0 Å². The molecule has 3 aliphatic rings. The lowest BCUT2D eigenvalue weighted by Crippen LogP contribution is -2.44. The SMILES string of the molecule is O=C1[C@@H]2N=NN(CC(=O)N3N=C(c4ccc(Br)cc4)C[C@@H]3c3ccccc3)[C@H]2C(=O)N1c1ccc(Cl)cc1Cl. The standard InChI is InChI=1S/C27H19BrCl2N6O3/c28-17-8-6-15(7-9-17)20-13-22(16-4-2-1-3-5-16)36(32-20)23(37)14-34-25-24(31-33-34)26(38)35(27(25)39)21-11-10-18(29)12-19(21)30/h1-12,22,24-25H,13-14H2/t22-,24-,25-/m1/s1. The van der Waals surface area contributed by atoms with Crippen LogP contribution < -0.4 is 4.90 Å². The van der Waals surface area contributed by atoms with Crippen LogP contribution >= 0.6 is 39.1 Å². The summed E-state index contributed by atoms with van der Waals surface area (Å²) in [5.74, 6) is -1.50. The number of imide groups is 1. The number of hydrazone groups is 1. The highest BCUT2D eigenvalue weighted by Crippen LogP contribution is 2.37. The molecule has 0 unspecified atom stereocenters. The fourth-order valence-electron chi connectivity index (χ4n) is 4.96. The summed E-state index contributed by atoms with van der Waals surface area (Å²) in [6.07, 6.45) is 0.519. The zero-order valence-corrected chi connectivity index (χ0v) is 23.2. The Bertz CT molecular complexity index is 1550. The lowest BCUT2D eigenvalue weighted by atomic mass is 9.98. The number of carbonyl (C=O) groups is 3. The molecule has 9 nitrogen and oxygen atoms in total. The normalized spacial score (nSPS) is 22.1. The monoisotopic (exact) mass is 624 g/mol. The molecule has 3 heterocycles. The first kappa shape index (κ1) is 25.7. The van der Waals surface area contributed by atoms with Gasteiger partial charge in [0.05, 0.1) is 22.5 Å². The third-order valence-electron chi connectivity index (χ3n) is 6.83. The Morgan fingerprint density at radius 1 is 0.974 bits per heavy atom. The van der Waals surface area contributed by atoms with Gasteiger partial charge in [-0.2, -0.15) is 10.2 Å². The van der Waals surface area contributed by atoms with E-state index in [9.17, 15) is 14.4 Å². The second-order valence-corrected chi connectivity index (χ2v) is 11.0. The van der Waals surface area contributed by atoms with Crippen molar-refractivity contribution in [1.82, 2.24) is 10.0 Å². The average Bonchev–Trinajstić information content (AvgIpc) is 3.61. The number of hydrogen-bond donors (Lipinski definition) is 0. The fraction of sp³-hybridized carbons (Fsp3) is 0.185. The van der Waals surface area contributed by atoms with Crippen LogP contribution in [0.25, 0.3) is 0 Å². The second-order valence-electron chi connectivity index (χ2n) is 9.22. The lowest BCUT2D eigenvalue weighted by molar-refractivity contribution is -0.135. The van der Waals surface area contributed by atoms with Crippen molar-refractivity contribution in [2.75, 3.05) is 11.4 Å². The summed E-state index contributed by atoms with van der Waals surface area (Å²) >= 11 is 15.7. The average molecular weight is 626 g/mol. The van der Waals surface area contributed by atoms with Gasteiger partial charge in [0, 0.05) is 15.9 Å². The molecule has 39 heavy (non-hydrogen) atoms. The summed E-state index contributed by atoms with van der Waals surface area (Å²) in [4.78, 5) is 41.1. The van der Waals surface area contributed by atoms with E-state index in [2.05, 4.69) is 31.4 Å². The highest BCUT2D eigenvalue weighted by Gasteiger charge is 2.55. The van der Waals surface area contributed by atoms with Crippen molar-refractivity contribution in [1.29, 1.82) is 0 Å². The Labute approximate surface area is 241 Å². The van der Waals surface area contributed by atoms with Gasteiger partial charge < -0.3 is 0 Å². The molecule has 0 N–H and O–H groups in total. The molecule has 3 aromatic carbocycles. The minimum atomic E-state index is -1.07. The topological polar surface area (TPSA) is 98.0 Å². The van der Waals surface area contributed by atoms with Gasteiger partial charge in [-0.25, -0.2) is 9.91 Å². The van der Waals surface area contributed by atoms with Gasteiger partial charge in [-0.05, 0) is 41.5 Å². The summed E-state index contributed by atoms with van der Waals surface area (Å²) in [6, 6.07) is 19.4. The van der Waals surface area contributed by atoms with E-state index < -0.39 is 23.9 Å². The largest absolute Gasteiger partial charge is 0.271 e. The van der Waals surface area contributed by atoms with Gasteiger partial charge in [0.2, 0.25) is 0 Å². The number of amides is 3. The Morgan fingerprint density at radius 2 is 1.72 bits per heavy atom. The summed E-state index contributed by atoms with van der Waals surface area (Å²) in [5.41, 5.74) is 2.81.